The predicted octanol–water partition coefficient (Wildman–Crippen LogP) is 4.18. The summed E-state index contributed by atoms with van der Waals surface area (Å²) in [4.78, 5) is 27.5. The van der Waals surface area contributed by atoms with Crippen LogP contribution in [-0.2, 0) is 4.74 Å². The van der Waals surface area contributed by atoms with Gasteiger partial charge in [0.25, 0.3) is 5.91 Å². The van der Waals surface area contributed by atoms with E-state index >= 15 is 0 Å². The third kappa shape index (κ3) is 3.67. The van der Waals surface area contributed by atoms with Crippen LogP contribution in [-0.4, -0.2) is 23.5 Å². The Kier molecular flexibility index (Phi) is 5.44. The first-order chi connectivity index (χ1) is 11.3. The van der Waals surface area contributed by atoms with Crippen molar-refractivity contribution in [2.24, 2.45) is 0 Å². The fraction of sp³-hybridized carbons (Fsp3) is 0.368. The number of aryl methyl sites for hydroxylation is 1. The Morgan fingerprint density at radius 1 is 1.17 bits per heavy atom. The molecule has 0 saturated carbocycles. The van der Waals surface area contributed by atoms with Crippen molar-refractivity contribution in [3.63, 3.8) is 0 Å². The van der Waals surface area contributed by atoms with Crippen molar-refractivity contribution in [1.82, 2.24) is 4.98 Å². The fourth-order valence-electron chi connectivity index (χ4n) is 2.64. The van der Waals surface area contributed by atoms with Crippen LogP contribution in [0.15, 0.2) is 24.3 Å². The Bertz CT molecular complexity index is 743. The van der Waals surface area contributed by atoms with E-state index < -0.39 is 5.97 Å². The quantitative estimate of drug-likeness (QED) is 0.809. The molecule has 0 spiro atoms. The van der Waals surface area contributed by atoms with Gasteiger partial charge in [0.1, 0.15) is 5.69 Å². The number of nitrogens with one attached hydrogen (secondary N) is 2. The lowest BCUT2D eigenvalue weighted by Crippen LogP contribution is -2.14. The van der Waals surface area contributed by atoms with Crippen molar-refractivity contribution in [3.05, 3.63) is 52.3 Å². The van der Waals surface area contributed by atoms with Crippen LogP contribution in [0.4, 0.5) is 5.69 Å². The van der Waals surface area contributed by atoms with E-state index in [4.69, 9.17) is 4.74 Å². The van der Waals surface area contributed by atoms with Crippen molar-refractivity contribution >= 4 is 17.6 Å². The SMILES string of the molecule is CCOC(=O)c1[nH]c(C)c(C(=O)Nc2ccc(C(C)C)cc2)c1C. The zero-order chi connectivity index (χ0) is 17.9. The number of hydrogen-bond acceptors (Lipinski definition) is 3. The fourth-order valence-corrected chi connectivity index (χ4v) is 2.64. The van der Waals surface area contributed by atoms with Gasteiger partial charge in [-0.15, -0.1) is 0 Å². The van der Waals surface area contributed by atoms with Crippen LogP contribution in [0.5, 0.6) is 0 Å². The van der Waals surface area contributed by atoms with E-state index in [1.165, 1.54) is 5.56 Å². The number of H-pyrrole nitrogens is 1. The van der Waals surface area contributed by atoms with Gasteiger partial charge < -0.3 is 15.0 Å². The van der Waals surface area contributed by atoms with E-state index in [0.29, 0.717) is 35.0 Å². The summed E-state index contributed by atoms with van der Waals surface area (Å²) < 4.78 is 5.01. The molecule has 24 heavy (non-hydrogen) atoms. The summed E-state index contributed by atoms with van der Waals surface area (Å²) in [6.45, 7) is 9.80. The number of ether oxygens (including phenoxy) is 1. The molecule has 0 unspecified atom stereocenters. The largest absolute Gasteiger partial charge is 0.461 e. The van der Waals surface area contributed by atoms with E-state index in [1.807, 2.05) is 24.3 Å². The van der Waals surface area contributed by atoms with Gasteiger partial charge in [0, 0.05) is 11.4 Å². The molecule has 0 bridgehead atoms. The number of aromatic amines is 1. The highest BCUT2D eigenvalue weighted by molar-refractivity contribution is 6.08. The molecule has 1 aromatic heterocycles. The summed E-state index contributed by atoms with van der Waals surface area (Å²) in [5.74, 6) is -0.247. The van der Waals surface area contributed by atoms with Crippen molar-refractivity contribution in [2.45, 2.75) is 40.5 Å². The van der Waals surface area contributed by atoms with Gasteiger partial charge in [-0.05, 0) is 49.9 Å². The number of aromatic nitrogens is 1. The molecule has 2 N–H and O–H groups in total. The normalized spacial score (nSPS) is 10.8. The molecule has 5 heteroatoms. The van der Waals surface area contributed by atoms with Gasteiger partial charge in [-0.3, -0.25) is 4.79 Å². The molecule has 0 saturated heterocycles. The number of amides is 1. The highest BCUT2D eigenvalue weighted by atomic mass is 16.5. The van der Waals surface area contributed by atoms with Gasteiger partial charge in [-0.25, -0.2) is 4.79 Å². The third-order valence-corrected chi connectivity index (χ3v) is 3.98. The number of anilines is 1. The zero-order valence-corrected chi connectivity index (χ0v) is 14.8. The van der Waals surface area contributed by atoms with Gasteiger partial charge >= 0.3 is 5.97 Å². The second kappa shape index (κ2) is 7.34. The Hall–Kier alpha value is -2.56. The minimum Gasteiger partial charge on any atom is -0.461 e. The molecular formula is C19H24N2O3. The van der Waals surface area contributed by atoms with Crippen LogP contribution in [0.25, 0.3) is 0 Å². The predicted molar refractivity (Wildman–Crippen MR) is 94.7 cm³/mol. The average molecular weight is 328 g/mol. The lowest BCUT2D eigenvalue weighted by Gasteiger charge is -2.09. The molecule has 0 aliphatic carbocycles. The minimum absolute atomic E-state index is 0.242. The summed E-state index contributed by atoms with van der Waals surface area (Å²) >= 11 is 0. The molecule has 1 aromatic carbocycles. The number of benzene rings is 1. The van der Waals surface area contributed by atoms with Gasteiger partial charge in [0.05, 0.1) is 12.2 Å². The number of esters is 1. The van der Waals surface area contributed by atoms with E-state index in [0.717, 1.165) is 5.69 Å². The number of rotatable bonds is 5. The van der Waals surface area contributed by atoms with Crippen LogP contribution in [0.2, 0.25) is 0 Å². The molecule has 0 atom stereocenters. The molecule has 5 nitrogen and oxygen atoms in total. The lowest BCUT2D eigenvalue weighted by molar-refractivity contribution is 0.0519. The molecule has 0 aliphatic heterocycles. The van der Waals surface area contributed by atoms with Crippen molar-refractivity contribution in [2.75, 3.05) is 11.9 Å². The summed E-state index contributed by atoms with van der Waals surface area (Å²) in [6, 6.07) is 7.77. The first kappa shape index (κ1) is 17.8. The highest BCUT2D eigenvalue weighted by Crippen LogP contribution is 2.22. The molecule has 1 amide bonds. The van der Waals surface area contributed by atoms with Gasteiger partial charge in [0.15, 0.2) is 0 Å². The van der Waals surface area contributed by atoms with Crippen LogP contribution in [0.1, 0.15) is 64.4 Å². The highest BCUT2D eigenvalue weighted by Gasteiger charge is 2.22. The van der Waals surface area contributed by atoms with E-state index in [9.17, 15) is 9.59 Å². The topological polar surface area (TPSA) is 71.2 Å². The van der Waals surface area contributed by atoms with Crippen LogP contribution >= 0.6 is 0 Å². The van der Waals surface area contributed by atoms with Crippen molar-refractivity contribution < 1.29 is 14.3 Å². The molecule has 128 valence electrons. The summed E-state index contributed by atoms with van der Waals surface area (Å²) in [6.07, 6.45) is 0. The standard InChI is InChI=1S/C19H24N2O3/c1-6-24-19(23)17-12(4)16(13(5)20-17)18(22)21-15-9-7-14(8-10-15)11(2)3/h7-11,20H,6H2,1-5H3,(H,21,22). The Morgan fingerprint density at radius 3 is 2.33 bits per heavy atom. The number of hydrogen-bond donors (Lipinski definition) is 2. The lowest BCUT2D eigenvalue weighted by atomic mass is 10.0. The minimum atomic E-state index is -0.446. The zero-order valence-electron chi connectivity index (χ0n) is 14.8. The molecular weight excluding hydrogens is 304 g/mol. The van der Waals surface area contributed by atoms with Crippen molar-refractivity contribution in [1.29, 1.82) is 0 Å². The molecule has 0 fully saturated rings. The van der Waals surface area contributed by atoms with Crippen molar-refractivity contribution in [3.8, 4) is 0 Å². The average Bonchev–Trinajstić information content (AvgIpc) is 2.83. The van der Waals surface area contributed by atoms with E-state index in [2.05, 4.69) is 24.1 Å². The Labute approximate surface area is 142 Å². The molecule has 0 aliphatic rings. The first-order valence-electron chi connectivity index (χ1n) is 8.12. The maximum Gasteiger partial charge on any atom is 0.355 e. The third-order valence-electron chi connectivity index (χ3n) is 3.98. The second-order valence-corrected chi connectivity index (χ2v) is 6.08. The van der Waals surface area contributed by atoms with Crippen LogP contribution in [0.3, 0.4) is 0 Å². The number of carbonyl (C=O) groups excluding carboxylic acids is 2. The van der Waals surface area contributed by atoms with Gasteiger partial charge in [0.2, 0.25) is 0 Å². The first-order valence-corrected chi connectivity index (χ1v) is 8.12. The maximum absolute atomic E-state index is 12.6. The van der Waals surface area contributed by atoms with E-state index in [1.54, 1.807) is 20.8 Å². The van der Waals surface area contributed by atoms with Gasteiger partial charge in [-0.2, -0.15) is 0 Å². The molecule has 2 aromatic rings. The molecule has 0 radical (unpaired) electrons. The summed E-state index contributed by atoms with van der Waals surface area (Å²) in [5, 5.41) is 2.88. The monoisotopic (exact) mass is 328 g/mol. The van der Waals surface area contributed by atoms with Gasteiger partial charge in [-0.1, -0.05) is 26.0 Å². The van der Waals surface area contributed by atoms with E-state index in [-0.39, 0.29) is 5.91 Å². The summed E-state index contributed by atoms with van der Waals surface area (Å²) in [7, 11) is 0. The Balaban J connectivity index is 2.22. The maximum atomic E-state index is 12.6. The van der Waals surface area contributed by atoms with Crippen LogP contribution < -0.4 is 5.32 Å². The van der Waals surface area contributed by atoms with Crippen LogP contribution in [0, 0.1) is 13.8 Å². The second-order valence-electron chi connectivity index (χ2n) is 6.08. The molecule has 2 rings (SSSR count). The summed E-state index contributed by atoms with van der Waals surface area (Å²) in [5.41, 5.74) is 3.99. The Morgan fingerprint density at radius 2 is 1.79 bits per heavy atom. The number of carbonyl (C=O) groups is 2. The smallest absolute Gasteiger partial charge is 0.355 e. The molecule has 1 heterocycles.